The zero-order valence-electron chi connectivity index (χ0n) is 14.0. The Bertz CT molecular complexity index is 254. The molecule has 3 atom stereocenters. The summed E-state index contributed by atoms with van der Waals surface area (Å²) in [7, 11) is 0. The lowest BCUT2D eigenvalue weighted by Crippen LogP contribution is -2.59. The topological polar surface area (TPSA) is 38.0 Å². The van der Waals surface area contributed by atoms with Gasteiger partial charge in [-0.2, -0.15) is 0 Å². The van der Waals surface area contributed by atoms with E-state index < -0.39 is 0 Å². The number of hydrogen-bond donors (Lipinski definition) is 2. The van der Waals surface area contributed by atoms with Crippen molar-refractivity contribution in [2.75, 3.05) is 13.1 Å². The molecule has 1 saturated carbocycles. The van der Waals surface area contributed by atoms with Crippen LogP contribution < -0.4 is 11.1 Å². The summed E-state index contributed by atoms with van der Waals surface area (Å²) < 4.78 is 0. The predicted molar refractivity (Wildman–Crippen MR) is 85.1 cm³/mol. The fourth-order valence-corrected chi connectivity index (χ4v) is 3.90. The van der Waals surface area contributed by atoms with Gasteiger partial charge in [0, 0.05) is 12.1 Å². The zero-order valence-corrected chi connectivity index (χ0v) is 14.0. The molecule has 0 heterocycles. The molecule has 3 unspecified atom stereocenters. The van der Waals surface area contributed by atoms with Gasteiger partial charge in [0.15, 0.2) is 0 Å². The van der Waals surface area contributed by atoms with Gasteiger partial charge in [0.05, 0.1) is 0 Å². The van der Waals surface area contributed by atoms with Crippen LogP contribution >= 0.6 is 0 Å². The minimum atomic E-state index is 0.180. The van der Waals surface area contributed by atoms with Crippen LogP contribution in [0.2, 0.25) is 0 Å². The van der Waals surface area contributed by atoms with Crippen LogP contribution in [0.5, 0.6) is 0 Å². The monoisotopic (exact) mass is 268 g/mol. The molecule has 0 aromatic rings. The fraction of sp³-hybridized carbons (Fsp3) is 1.00. The highest BCUT2D eigenvalue weighted by Gasteiger charge is 2.39. The second-order valence-corrected chi connectivity index (χ2v) is 7.68. The lowest BCUT2D eigenvalue weighted by atomic mass is 9.69. The van der Waals surface area contributed by atoms with Gasteiger partial charge >= 0.3 is 0 Å². The molecule has 0 radical (unpaired) electrons. The normalized spacial score (nSPS) is 32.5. The van der Waals surface area contributed by atoms with Gasteiger partial charge in [-0.15, -0.1) is 0 Å². The van der Waals surface area contributed by atoms with E-state index in [2.05, 4.69) is 46.9 Å². The number of rotatable bonds is 6. The Morgan fingerprint density at radius 3 is 2.16 bits per heavy atom. The van der Waals surface area contributed by atoms with E-state index >= 15 is 0 Å². The van der Waals surface area contributed by atoms with E-state index in [0.717, 1.165) is 36.8 Å². The Labute approximate surface area is 120 Å². The van der Waals surface area contributed by atoms with E-state index in [4.69, 9.17) is 5.73 Å². The minimum Gasteiger partial charge on any atom is -0.329 e. The van der Waals surface area contributed by atoms with Crippen LogP contribution in [0.3, 0.4) is 0 Å². The first-order valence-electron chi connectivity index (χ1n) is 8.27. The Morgan fingerprint density at radius 1 is 1.11 bits per heavy atom. The van der Waals surface area contributed by atoms with Gasteiger partial charge in [0.25, 0.3) is 0 Å². The van der Waals surface area contributed by atoms with Crippen molar-refractivity contribution in [3.8, 4) is 0 Å². The third-order valence-corrected chi connectivity index (χ3v) is 5.52. The van der Waals surface area contributed by atoms with E-state index in [1.165, 1.54) is 19.3 Å². The molecule has 0 aromatic carbocycles. The predicted octanol–water partition coefficient (Wildman–Crippen LogP) is 3.66. The largest absolute Gasteiger partial charge is 0.329 e. The van der Waals surface area contributed by atoms with Gasteiger partial charge in [-0.25, -0.2) is 0 Å². The van der Waals surface area contributed by atoms with E-state index in [1.54, 1.807) is 0 Å². The zero-order chi connectivity index (χ0) is 14.6. The molecule has 3 N–H and O–H groups in total. The third-order valence-electron chi connectivity index (χ3n) is 5.52. The quantitative estimate of drug-likeness (QED) is 0.771. The molecule has 19 heavy (non-hydrogen) atoms. The van der Waals surface area contributed by atoms with Crippen molar-refractivity contribution in [2.45, 2.75) is 66.3 Å². The average Bonchev–Trinajstić information content (AvgIpc) is 2.32. The highest BCUT2D eigenvalue weighted by molar-refractivity contribution is 4.98. The van der Waals surface area contributed by atoms with Crippen LogP contribution in [-0.2, 0) is 0 Å². The van der Waals surface area contributed by atoms with Crippen molar-refractivity contribution in [1.82, 2.24) is 5.32 Å². The molecule has 0 amide bonds. The van der Waals surface area contributed by atoms with Crippen molar-refractivity contribution in [3.05, 3.63) is 0 Å². The summed E-state index contributed by atoms with van der Waals surface area (Å²) in [6.45, 7) is 16.0. The van der Waals surface area contributed by atoms with Crippen molar-refractivity contribution in [3.63, 3.8) is 0 Å². The van der Waals surface area contributed by atoms with Crippen molar-refractivity contribution in [2.24, 2.45) is 35.3 Å². The van der Waals surface area contributed by atoms with Crippen molar-refractivity contribution < 1.29 is 0 Å². The smallest absolute Gasteiger partial charge is 0.0332 e. The Balaban J connectivity index is 2.69. The first kappa shape index (κ1) is 17.0. The molecular weight excluding hydrogens is 232 g/mol. The van der Waals surface area contributed by atoms with Gasteiger partial charge in [-0.3, -0.25) is 0 Å². The molecule has 0 bridgehead atoms. The fourth-order valence-electron chi connectivity index (χ4n) is 3.90. The molecule has 0 spiro atoms. The number of nitrogens with one attached hydrogen (secondary N) is 1. The van der Waals surface area contributed by atoms with Gasteiger partial charge in [-0.1, -0.05) is 48.0 Å². The second-order valence-electron chi connectivity index (χ2n) is 7.68. The summed E-state index contributed by atoms with van der Waals surface area (Å²) in [4.78, 5) is 0. The first-order chi connectivity index (χ1) is 8.82. The summed E-state index contributed by atoms with van der Waals surface area (Å²) in [6, 6.07) is 0. The summed E-state index contributed by atoms with van der Waals surface area (Å²) >= 11 is 0. The Morgan fingerprint density at radius 2 is 1.68 bits per heavy atom. The maximum Gasteiger partial charge on any atom is 0.0332 e. The Kier molecular flexibility index (Phi) is 6.32. The SMILES string of the molecule is CC1CCC(C)C(CN)(NCC(C(C)C)C(C)C)C1. The van der Waals surface area contributed by atoms with E-state index in [9.17, 15) is 0 Å². The highest BCUT2D eigenvalue weighted by Crippen LogP contribution is 2.36. The lowest BCUT2D eigenvalue weighted by molar-refractivity contribution is 0.111. The van der Waals surface area contributed by atoms with Crippen molar-refractivity contribution in [1.29, 1.82) is 0 Å². The Hall–Kier alpha value is -0.0800. The minimum absolute atomic E-state index is 0.180. The molecule has 0 aromatic heterocycles. The summed E-state index contributed by atoms with van der Waals surface area (Å²) in [5.74, 6) is 3.72. The van der Waals surface area contributed by atoms with Gasteiger partial charge < -0.3 is 11.1 Å². The molecule has 0 saturated heterocycles. The van der Waals surface area contributed by atoms with Crippen LogP contribution in [0, 0.1) is 29.6 Å². The molecule has 114 valence electrons. The number of hydrogen-bond acceptors (Lipinski definition) is 2. The van der Waals surface area contributed by atoms with Crippen LogP contribution in [0.4, 0.5) is 0 Å². The molecule has 2 nitrogen and oxygen atoms in total. The molecule has 1 aliphatic rings. The van der Waals surface area contributed by atoms with Gasteiger partial charge in [0.2, 0.25) is 0 Å². The van der Waals surface area contributed by atoms with Crippen molar-refractivity contribution >= 4 is 0 Å². The van der Waals surface area contributed by atoms with E-state index in [1.807, 2.05) is 0 Å². The third kappa shape index (κ3) is 4.19. The van der Waals surface area contributed by atoms with Crippen LogP contribution in [-0.4, -0.2) is 18.6 Å². The molecule has 1 rings (SSSR count). The standard InChI is InChI=1S/C17H36N2/c1-12(2)16(13(3)4)10-19-17(11-18)9-14(5)7-8-15(17)6/h12-16,19H,7-11,18H2,1-6H3. The summed E-state index contributed by atoms with van der Waals surface area (Å²) in [5, 5.41) is 3.90. The molecule has 1 fully saturated rings. The van der Waals surface area contributed by atoms with Crippen LogP contribution in [0.15, 0.2) is 0 Å². The average molecular weight is 268 g/mol. The maximum atomic E-state index is 6.17. The van der Waals surface area contributed by atoms with Crippen LogP contribution in [0.25, 0.3) is 0 Å². The van der Waals surface area contributed by atoms with Gasteiger partial charge in [0.1, 0.15) is 0 Å². The van der Waals surface area contributed by atoms with Crippen LogP contribution in [0.1, 0.15) is 60.8 Å². The molecular formula is C17H36N2. The highest BCUT2D eigenvalue weighted by atomic mass is 15.0. The first-order valence-corrected chi connectivity index (χ1v) is 8.27. The maximum absolute atomic E-state index is 6.17. The van der Waals surface area contributed by atoms with Gasteiger partial charge in [-0.05, 0) is 49.0 Å². The second kappa shape index (κ2) is 7.08. The summed E-state index contributed by atoms with van der Waals surface area (Å²) in [5.41, 5.74) is 6.35. The summed E-state index contributed by atoms with van der Waals surface area (Å²) in [6.07, 6.45) is 3.93. The number of nitrogens with two attached hydrogens (primary N) is 1. The molecule has 0 aliphatic heterocycles. The molecule has 2 heteroatoms. The molecule has 1 aliphatic carbocycles. The van der Waals surface area contributed by atoms with E-state index in [0.29, 0.717) is 5.92 Å². The van der Waals surface area contributed by atoms with E-state index in [-0.39, 0.29) is 5.54 Å². The lowest BCUT2D eigenvalue weighted by Gasteiger charge is -2.46.